The van der Waals surface area contributed by atoms with E-state index in [1.165, 1.54) is 43.5 Å². The third kappa shape index (κ3) is 5.98. The van der Waals surface area contributed by atoms with E-state index in [1.807, 2.05) is 0 Å². The summed E-state index contributed by atoms with van der Waals surface area (Å²) in [6.45, 7) is 1.62. The third-order valence-electron chi connectivity index (χ3n) is 5.22. The molecule has 1 aromatic rings. The second kappa shape index (κ2) is 9.73. The maximum atomic E-state index is 12.3. The molecular formula is C20H28F2O3. The van der Waals surface area contributed by atoms with E-state index in [0.29, 0.717) is 5.75 Å². The smallest absolute Gasteiger partial charge is 0.387 e. The average molecular weight is 354 g/mol. The second-order valence-electron chi connectivity index (χ2n) is 6.84. The summed E-state index contributed by atoms with van der Waals surface area (Å²) in [7, 11) is 0. The number of rotatable bonds is 8. The molecule has 1 aromatic carbocycles. The zero-order valence-electron chi connectivity index (χ0n) is 15.0. The maximum Gasteiger partial charge on any atom is 0.387 e. The summed E-state index contributed by atoms with van der Waals surface area (Å²) in [5, 5.41) is 0. The van der Waals surface area contributed by atoms with Crippen LogP contribution in [0.2, 0.25) is 0 Å². The summed E-state index contributed by atoms with van der Waals surface area (Å²) in [6.07, 6.45) is 7.60. The van der Waals surface area contributed by atoms with Crippen molar-refractivity contribution in [3.63, 3.8) is 0 Å². The molecule has 0 spiro atoms. The summed E-state index contributed by atoms with van der Waals surface area (Å²) in [5.41, 5.74) is 0. The largest absolute Gasteiger partial charge is 0.435 e. The van der Waals surface area contributed by atoms with Gasteiger partial charge in [-0.05, 0) is 61.8 Å². The Morgan fingerprint density at radius 3 is 2.20 bits per heavy atom. The van der Waals surface area contributed by atoms with Gasteiger partial charge in [0.25, 0.3) is 0 Å². The van der Waals surface area contributed by atoms with Gasteiger partial charge in [0.2, 0.25) is 0 Å². The quantitative estimate of drug-likeness (QED) is 0.435. The molecule has 3 nitrogen and oxygen atoms in total. The van der Waals surface area contributed by atoms with E-state index < -0.39 is 6.61 Å². The van der Waals surface area contributed by atoms with E-state index in [0.717, 1.165) is 37.5 Å². The zero-order valence-corrected chi connectivity index (χ0v) is 15.0. The first-order chi connectivity index (χ1) is 12.0. The molecule has 140 valence electrons. The van der Waals surface area contributed by atoms with Gasteiger partial charge in [-0.25, -0.2) is 0 Å². The Morgan fingerprint density at radius 1 is 1.08 bits per heavy atom. The van der Waals surface area contributed by atoms with E-state index in [2.05, 4.69) is 18.6 Å². The molecule has 25 heavy (non-hydrogen) atoms. The van der Waals surface area contributed by atoms with E-state index in [4.69, 9.17) is 4.74 Å². The molecule has 1 atom stereocenters. The van der Waals surface area contributed by atoms with Crippen LogP contribution in [0.15, 0.2) is 24.3 Å². The van der Waals surface area contributed by atoms with Crippen LogP contribution < -0.4 is 9.47 Å². The normalized spacial score (nSPS) is 21.8. The highest BCUT2D eigenvalue weighted by atomic mass is 19.3. The molecule has 0 radical (unpaired) electrons. The number of carbonyl (C=O) groups is 1. The number of ether oxygens (including phenoxy) is 2. The molecule has 0 N–H and O–H groups in total. The van der Waals surface area contributed by atoms with Crippen LogP contribution in [0, 0.1) is 17.8 Å². The highest BCUT2D eigenvalue weighted by molar-refractivity contribution is 5.75. The van der Waals surface area contributed by atoms with Gasteiger partial charge in [-0.2, -0.15) is 8.78 Å². The van der Waals surface area contributed by atoms with Crippen LogP contribution in [-0.2, 0) is 4.79 Å². The number of hydrogen-bond donors (Lipinski definition) is 0. The number of benzene rings is 1. The van der Waals surface area contributed by atoms with Crippen molar-refractivity contribution >= 4 is 5.97 Å². The lowest BCUT2D eigenvalue weighted by molar-refractivity contribution is -0.140. The van der Waals surface area contributed by atoms with E-state index in [-0.39, 0.29) is 17.6 Å². The van der Waals surface area contributed by atoms with Crippen molar-refractivity contribution in [2.24, 2.45) is 17.8 Å². The molecule has 1 aliphatic carbocycles. The monoisotopic (exact) mass is 354 g/mol. The summed E-state index contributed by atoms with van der Waals surface area (Å²) in [6, 6.07) is 5.72. The molecule has 2 rings (SSSR count). The first-order valence-electron chi connectivity index (χ1n) is 9.30. The summed E-state index contributed by atoms with van der Waals surface area (Å²) in [4.78, 5) is 12.3. The van der Waals surface area contributed by atoms with Gasteiger partial charge < -0.3 is 9.47 Å². The Hall–Kier alpha value is -1.65. The lowest BCUT2D eigenvalue weighted by atomic mass is 9.73. The molecule has 0 aromatic heterocycles. The molecule has 1 saturated carbocycles. The molecule has 5 heteroatoms. The lowest BCUT2D eigenvalue weighted by Crippen LogP contribution is -2.28. The van der Waals surface area contributed by atoms with Gasteiger partial charge in [0.05, 0.1) is 5.92 Å². The summed E-state index contributed by atoms with van der Waals surface area (Å²) < 4.78 is 33.9. The Morgan fingerprint density at radius 2 is 1.68 bits per heavy atom. The van der Waals surface area contributed by atoms with Crippen molar-refractivity contribution in [1.82, 2.24) is 0 Å². The van der Waals surface area contributed by atoms with Crippen molar-refractivity contribution in [2.45, 2.75) is 65.4 Å². The predicted octanol–water partition coefficient (Wildman–Crippen LogP) is 5.83. The number of hydrogen-bond acceptors (Lipinski definition) is 3. The predicted molar refractivity (Wildman–Crippen MR) is 92.8 cm³/mol. The molecule has 1 aliphatic rings. The minimum atomic E-state index is -2.86. The van der Waals surface area contributed by atoms with Crippen LogP contribution in [-0.4, -0.2) is 12.6 Å². The highest BCUT2D eigenvalue weighted by Crippen LogP contribution is 2.37. The van der Waals surface area contributed by atoms with Crippen LogP contribution in [0.1, 0.15) is 58.8 Å². The van der Waals surface area contributed by atoms with E-state index in [1.54, 1.807) is 0 Å². The van der Waals surface area contributed by atoms with Crippen LogP contribution in [0.5, 0.6) is 11.5 Å². The molecule has 0 amide bonds. The van der Waals surface area contributed by atoms with E-state index >= 15 is 0 Å². The van der Waals surface area contributed by atoms with Gasteiger partial charge in [-0.1, -0.05) is 33.1 Å². The SMILES string of the molecule is CCCC(CC)C1CCC(C(=O)Oc2ccc(OC(F)F)cc2)CC1. The maximum absolute atomic E-state index is 12.3. The molecule has 0 heterocycles. The Kier molecular flexibility index (Phi) is 7.66. The van der Waals surface area contributed by atoms with Crippen LogP contribution in [0.3, 0.4) is 0 Å². The van der Waals surface area contributed by atoms with Crippen LogP contribution in [0.25, 0.3) is 0 Å². The van der Waals surface area contributed by atoms with Crippen molar-refractivity contribution < 1.29 is 23.0 Å². The van der Waals surface area contributed by atoms with Crippen molar-refractivity contribution in [3.05, 3.63) is 24.3 Å². The number of esters is 1. The number of halogens is 2. The second-order valence-corrected chi connectivity index (χ2v) is 6.84. The first-order valence-corrected chi connectivity index (χ1v) is 9.30. The van der Waals surface area contributed by atoms with Gasteiger partial charge in [0, 0.05) is 0 Å². The van der Waals surface area contributed by atoms with Crippen LogP contribution in [0.4, 0.5) is 8.78 Å². The van der Waals surface area contributed by atoms with Gasteiger partial charge in [0.15, 0.2) is 0 Å². The molecule has 0 aliphatic heterocycles. The first kappa shape index (κ1) is 19.7. The molecule has 0 saturated heterocycles. The summed E-state index contributed by atoms with van der Waals surface area (Å²) in [5.74, 6) is 1.63. The minimum absolute atomic E-state index is 0.0526. The topological polar surface area (TPSA) is 35.5 Å². The van der Waals surface area contributed by atoms with Gasteiger partial charge in [-0.15, -0.1) is 0 Å². The fourth-order valence-electron chi connectivity index (χ4n) is 3.86. The van der Waals surface area contributed by atoms with Crippen molar-refractivity contribution in [3.8, 4) is 11.5 Å². The minimum Gasteiger partial charge on any atom is -0.435 e. The molecule has 1 fully saturated rings. The average Bonchev–Trinajstić information content (AvgIpc) is 2.61. The Labute approximate surface area is 148 Å². The highest BCUT2D eigenvalue weighted by Gasteiger charge is 2.30. The number of carbonyl (C=O) groups excluding carboxylic acids is 1. The van der Waals surface area contributed by atoms with Crippen molar-refractivity contribution in [2.75, 3.05) is 0 Å². The zero-order chi connectivity index (χ0) is 18.2. The fourth-order valence-corrected chi connectivity index (χ4v) is 3.86. The van der Waals surface area contributed by atoms with Crippen LogP contribution >= 0.6 is 0 Å². The third-order valence-corrected chi connectivity index (χ3v) is 5.22. The Bertz CT molecular complexity index is 522. The molecular weight excluding hydrogens is 326 g/mol. The van der Waals surface area contributed by atoms with Gasteiger partial charge in [-0.3, -0.25) is 4.79 Å². The van der Waals surface area contributed by atoms with Crippen molar-refractivity contribution in [1.29, 1.82) is 0 Å². The molecule has 0 bridgehead atoms. The van der Waals surface area contributed by atoms with E-state index in [9.17, 15) is 13.6 Å². The lowest BCUT2D eigenvalue weighted by Gasteiger charge is -2.32. The number of alkyl halides is 2. The van der Waals surface area contributed by atoms with Gasteiger partial charge in [0.1, 0.15) is 11.5 Å². The summed E-state index contributed by atoms with van der Waals surface area (Å²) >= 11 is 0. The standard InChI is InChI=1S/C20H28F2O3/c1-3-5-14(4-2)15-6-8-16(9-7-15)19(23)24-17-10-12-18(13-11-17)25-20(21)22/h10-16,20H,3-9H2,1-2H3. The van der Waals surface area contributed by atoms with Gasteiger partial charge >= 0.3 is 12.6 Å². The fraction of sp³-hybridized carbons (Fsp3) is 0.650. The Balaban J connectivity index is 1.82. The molecule has 1 unspecified atom stereocenters.